The van der Waals surface area contributed by atoms with Crippen LogP contribution in [0.15, 0.2) is 176 Å². The van der Waals surface area contributed by atoms with Crippen LogP contribution in [0.25, 0.3) is 55.9 Å². The maximum atomic E-state index is 6.94. The molecular formula is C51H35NO. The van der Waals surface area contributed by atoms with Gasteiger partial charge in [0.05, 0.1) is 16.8 Å². The zero-order valence-corrected chi connectivity index (χ0v) is 29.6. The molecule has 0 radical (unpaired) electrons. The lowest BCUT2D eigenvalue weighted by Crippen LogP contribution is -2.32. The Bertz CT molecular complexity index is 2670. The third kappa shape index (κ3) is 4.12. The van der Waals surface area contributed by atoms with Crippen molar-refractivity contribution in [1.82, 2.24) is 4.98 Å². The molecule has 1 aromatic heterocycles. The van der Waals surface area contributed by atoms with E-state index in [-0.39, 0.29) is 5.41 Å². The first-order valence-corrected chi connectivity index (χ1v) is 18.5. The number of rotatable bonds is 3. The SMILES string of the molecule is CC1(C)c2cc3c(cc2-c2c(-c4cc(-c5ccccc5)cc(-c5ccccc5)n4)cccc21)C1(c2ccccc2O3)c2ccccc2-c2ccccc21. The summed E-state index contributed by atoms with van der Waals surface area (Å²) in [6, 6.07) is 63.8. The van der Waals surface area contributed by atoms with Crippen molar-refractivity contribution in [2.24, 2.45) is 0 Å². The monoisotopic (exact) mass is 677 g/mol. The molecule has 0 atom stereocenters. The van der Waals surface area contributed by atoms with Crippen molar-refractivity contribution in [2.75, 3.05) is 0 Å². The average Bonchev–Trinajstić information content (AvgIpc) is 3.63. The molecule has 2 aliphatic carbocycles. The predicted octanol–water partition coefficient (Wildman–Crippen LogP) is 12.9. The van der Waals surface area contributed by atoms with E-state index >= 15 is 0 Å². The number of para-hydroxylation sites is 1. The lowest BCUT2D eigenvalue weighted by molar-refractivity contribution is 0.435. The van der Waals surface area contributed by atoms with E-state index in [1.807, 2.05) is 0 Å². The Balaban J connectivity index is 1.21. The maximum absolute atomic E-state index is 6.94. The molecule has 2 heteroatoms. The van der Waals surface area contributed by atoms with E-state index in [4.69, 9.17) is 9.72 Å². The number of ether oxygens (including phenoxy) is 1. The second-order valence-electron chi connectivity index (χ2n) is 15.0. The summed E-state index contributed by atoms with van der Waals surface area (Å²) in [4.78, 5) is 5.42. The Morgan fingerprint density at radius 3 is 1.66 bits per heavy atom. The summed E-state index contributed by atoms with van der Waals surface area (Å²) in [5.41, 5.74) is 18.3. The molecule has 2 nitrogen and oxygen atoms in total. The molecule has 1 spiro atoms. The van der Waals surface area contributed by atoms with Gasteiger partial charge in [0.1, 0.15) is 11.5 Å². The molecule has 0 bridgehead atoms. The van der Waals surface area contributed by atoms with E-state index in [2.05, 4.69) is 190 Å². The van der Waals surface area contributed by atoms with Crippen LogP contribution in [0.1, 0.15) is 47.2 Å². The van der Waals surface area contributed by atoms with Crippen molar-refractivity contribution >= 4 is 0 Å². The fourth-order valence-electron chi connectivity index (χ4n) is 9.57. The molecule has 0 saturated heterocycles. The highest BCUT2D eigenvalue weighted by molar-refractivity contribution is 5.96. The van der Waals surface area contributed by atoms with Crippen molar-refractivity contribution in [3.63, 3.8) is 0 Å². The predicted molar refractivity (Wildman–Crippen MR) is 215 cm³/mol. The molecule has 1 aliphatic heterocycles. The summed E-state index contributed by atoms with van der Waals surface area (Å²) in [6.45, 7) is 4.70. The minimum atomic E-state index is -0.528. The van der Waals surface area contributed by atoms with Crippen molar-refractivity contribution in [1.29, 1.82) is 0 Å². The van der Waals surface area contributed by atoms with E-state index in [0.717, 1.165) is 39.6 Å². The van der Waals surface area contributed by atoms with Gasteiger partial charge in [-0.1, -0.05) is 159 Å². The topological polar surface area (TPSA) is 22.1 Å². The van der Waals surface area contributed by atoms with Gasteiger partial charge in [0.2, 0.25) is 0 Å². The Hall–Kier alpha value is -6.51. The molecule has 53 heavy (non-hydrogen) atoms. The van der Waals surface area contributed by atoms with Crippen molar-refractivity contribution in [3.05, 3.63) is 209 Å². The summed E-state index contributed by atoms with van der Waals surface area (Å²) in [5.74, 6) is 1.84. The van der Waals surface area contributed by atoms with Crippen LogP contribution in [0.2, 0.25) is 0 Å². The molecule has 0 amide bonds. The summed E-state index contributed by atoms with van der Waals surface area (Å²) in [5, 5.41) is 0. The number of fused-ring (bicyclic) bond motifs is 12. The average molecular weight is 678 g/mol. The summed E-state index contributed by atoms with van der Waals surface area (Å²) >= 11 is 0. The van der Waals surface area contributed by atoms with Gasteiger partial charge in [-0.25, -0.2) is 4.98 Å². The molecule has 7 aromatic carbocycles. The molecule has 0 unspecified atom stereocenters. The summed E-state index contributed by atoms with van der Waals surface area (Å²) < 4.78 is 6.94. The smallest absolute Gasteiger partial charge is 0.132 e. The van der Waals surface area contributed by atoms with Gasteiger partial charge in [0, 0.05) is 27.7 Å². The Labute approximate surface area is 310 Å². The van der Waals surface area contributed by atoms with Crippen LogP contribution < -0.4 is 4.74 Å². The van der Waals surface area contributed by atoms with Crippen LogP contribution in [0, 0.1) is 0 Å². The molecule has 0 saturated carbocycles. The molecule has 3 aliphatic rings. The normalized spacial score (nSPS) is 14.7. The largest absolute Gasteiger partial charge is 0.457 e. The number of nitrogens with zero attached hydrogens (tertiary/aromatic N) is 1. The highest BCUT2D eigenvalue weighted by Gasteiger charge is 2.52. The van der Waals surface area contributed by atoms with E-state index < -0.39 is 5.41 Å². The van der Waals surface area contributed by atoms with Crippen LogP contribution in [0.3, 0.4) is 0 Å². The molecule has 0 N–H and O–H groups in total. The third-order valence-corrected chi connectivity index (χ3v) is 11.9. The Morgan fingerprint density at radius 2 is 0.943 bits per heavy atom. The van der Waals surface area contributed by atoms with Gasteiger partial charge in [0.15, 0.2) is 0 Å². The lowest BCUT2D eigenvalue weighted by atomic mass is 9.65. The van der Waals surface area contributed by atoms with E-state index in [0.29, 0.717) is 0 Å². The first kappa shape index (κ1) is 30.1. The summed E-state index contributed by atoms with van der Waals surface area (Å²) in [7, 11) is 0. The van der Waals surface area contributed by atoms with Crippen molar-refractivity contribution < 1.29 is 4.74 Å². The molecule has 2 heterocycles. The fraction of sp³-hybridized carbons (Fsp3) is 0.0784. The lowest BCUT2D eigenvalue weighted by Gasteiger charge is -2.40. The minimum absolute atomic E-state index is 0.256. The molecule has 0 fully saturated rings. The molecule has 11 rings (SSSR count). The van der Waals surface area contributed by atoms with E-state index in [1.54, 1.807) is 0 Å². The van der Waals surface area contributed by atoms with Gasteiger partial charge in [-0.15, -0.1) is 0 Å². The zero-order chi connectivity index (χ0) is 35.3. The van der Waals surface area contributed by atoms with Crippen LogP contribution in [-0.2, 0) is 10.8 Å². The number of hydrogen-bond acceptors (Lipinski definition) is 2. The maximum Gasteiger partial charge on any atom is 0.132 e. The van der Waals surface area contributed by atoms with Crippen LogP contribution >= 0.6 is 0 Å². The Kier molecular flexibility index (Phi) is 6.25. The van der Waals surface area contributed by atoms with Crippen molar-refractivity contribution in [3.8, 4) is 67.4 Å². The third-order valence-electron chi connectivity index (χ3n) is 11.9. The summed E-state index contributed by atoms with van der Waals surface area (Å²) in [6.07, 6.45) is 0. The van der Waals surface area contributed by atoms with Crippen LogP contribution in [0.4, 0.5) is 0 Å². The van der Waals surface area contributed by atoms with Crippen molar-refractivity contribution in [2.45, 2.75) is 24.7 Å². The highest BCUT2D eigenvalue weighted by atomic mass is 16.5. The molecular weight excluding hydrogens is 643 g/mol. The number of aromatic nitrogens is 1. The van der Waals surface area contributed by atoms with Gasteiger partial charge < -0.3 is 4.74 Å². The first-order valence-electron chi connectivity index (χ1n) is 18.5. The highest BCUT2D eigenvalue weighted by Crippen LogP contribution is 2.64. The van der Waals surface area contributed by atoms with Crippen LogP contribution in [0.5, 0.6) is 11.5 Å². The van der Waals surface area contributed by atoms with Gasteiger partial charge in [-0.05, 0) is 86.0 Å². The van der Waals surface area contributed by atoms with Gasteiger partial charge >= 0.3 is 0 Å². The molecule has 250 valence electrons. The number of pyridine rings is 1. The Morgan fingerprint density at radius 1 is 0.377 bits per heavy atom. The molecule has 8 aromatic rings. The standard InChI is InChI=1S/C51H35NO/c1-50(2)42-26-15-22-37(46-29-34(32-16-5-3-6-17-32)28-45(52-46)33-18-7-4-8-19-33)49(42)38-30-44-48(31-43(38)50)53-47-27-14-13-25-41(47)51(44)39-23-11-9-20-35(39)36-21-10-12-24-40(36)51/h3-31H,1-2H3. The number of hydrogen-bond donors (Lipinski definition) is 0. The fourth-order valence-corrected chi connectivity index (χ4v) is 9.57. The quantitative estimate of drug-likeness (QED) is 0.186. The first-order chi connectivity index (χ1) is 26.0. The van der Waals surface area contributed by atoms with Crippen LogP contribution in [-0.4, -0.2) is 4.98 Å². The van der Waals surface area contributed by atoms with Gasteiger partial charge in [-0.2, -0.15) is 0 Å². The number of benzene rings is 7. The second-order valence-corrected chi connectivity index (χ2v) is 15.0. The van der Waals surface area contributed by atoms with E-state index in [1.165, 1.54) is 61.2 Å². The minimum Gasteiger partial charge on any atom is -0.457 e. The van der Waals surface area contributed by atoms with E-state index in [9.17, 15) is 0 Å². The van der Waals surface area contributed by atoms with Gasteiger partial charge in [0.25, 0.3) is 0 Å². The van der Waals surface area contributed by atoms with Gasteiger partial charge in [-0.3, -0.25) is 0 Å². The second kappa shape index (κ2) is 11.0. The zero-order valence-electron chi connectivity index (χ0n) is 29.6.